The van der Waals surface area contributed by atoms with Crippen LogP contribution in [0.25, 0.3) is 10.9 Å². The zero-order valence-corrected chi connectivity index (χ0v) is 17.6. The first-order valence-electron chi connectivity index (χ1n) is 9.33. The molecule has 0 aliphatic heterocycles. The van der Waals surface area contributed by atoms with Gasteiger partial charge in [-0.25, -0.2) is 17.6 Å². The van der Waals surface area contributed by atoms with Crippen molar-refractivity contribution in [3.8, 4) is 0 Å². The molecule has 2 aromatic carbocycles. The van der Waals surface area contributed by atoms with Crippen LogP contribution in [0.1, 0.15) is 27.2 Å². The summed E-state index contributed by atoms with van der Waals surface area (Å²) in [6.45, 7) is 2.04. The quantitative estimate of drug-likeness (QED) is 0.444. The number of carbonyl (C=O) groups is 1. The second kappa shape index (κ2) is 9.23. The molecule has 0 bridgehead atoms. The zero-order valence-electron chi connectivity index (χ0n) is 16.7. The van der Waals surface area contributed by atoms with Gasteiger partial charge in [0.25, 0.3) is 0 Å². The molecule has 0 atom stereocenters. The Bertz CT molecular complexity index is 1190. The summed E-state index contributed by atoms with van der Waals surface area (Å²) in [5, 5.41) is 0.815. The highest BCUT2D eigenvalue weighted by atomic mass is 32.2. The Kier molecular flexibility index (Phi) is 6.69. The Hall–Kier alpha value is -2.97. The Labute approximate surface area is 175 Å². The second-order valence-electron chi connectivity index (χ2n) is 6.86. The number of hydrogen-bond donors (Lipinski definition) is 2. The molecule has 3 aromatic rings. The third kappa shape index (κ3) is 4.44. The van der Waals surface area contributed by atoms with Crippen LogP contribution in [0.4, 0.5) is 4.39 Å². The molecule has 0 fully saturated rings. The molecule has 0 spiro atoms. The third-order valence-corrected chi connectivity index (χ3v) is 5.77. The minimum atomic E-state index is -2.64. The van der Waals surface area contributed by atoms with E-state index in [4.69, 9.17) is 10.5 Å². The van der Waals surface area contributed by atoms with Crippen molar-refractivity contribution in [1.82, 2.24) is 4.57 Å². The number of allylic oxidation sites excluding steroid dienone is 1. The molecule has 0 saturated heterocycles. The number of benzene rings is 2. The summed E-state index contributed by atoms with van der Waals surface area (Å²) < 4.78 is 43.2. The number of rotatable bonds is 7. The van der Waals surface area contributed by atoms with Crippen LogP contribution in [-0.4, -0.2) is 32.6 Å². The van der Waals surface area contributed by atoms with E-state index in [0.717, 1.165) is 27.7 Å². The summed E-state index contributed by atoms with van der Waals surface area (Å²) in [6, 6.07) is 11.8. The number of hydrogen-bond acceptors (Lipinski definition) is 5. The molecule has 6 nitrogen and oxygen atoms in total. The van der Waals surface area contributed by atoms with Gasteiger partial charge in [-0.2, -0.15) is 0 Å². The Morgan fingerprint density at radius 2 is 1.90 bits per heavy atom. The maximum atomic E-state index is 14.2. The standard InChI is InChI=1S/C22H23FN2O4S/c1-14-19(11-15-3-6-18(7-4-15)30(27)28)20-12-16(22(26)29-2)5-8-21(20)25(14)13-17(23)9-10-24/h3-9,12,30H,10-11,13,24H2,1-2H3/b17-9-. The number of esters is 1. The van der Waals surface area contributed by atoms with Gasteiger partial charge in [0, 0.05) is 23.1 Å². The van der Waals surface area contributed by atoms with Gasteiger partial charge in [-0.15, -0.1) is 0 Å². The summed E-state index contributed by atoms with van der Waals surface area (Å²) >= 11 is 0. The van der Waals surface area contributed by atoms with Crippen molar-refractivity contribution >= 4 is 27.6 Å². The first-order valence-corrected chi connectivity index (χ1v) is 10.5. The predicted molar refractivity (Wildman–Crippen MR) is 114 cm³/mol. The van der Waals surface area contributed by atoms with Crippen LogP contribution in [0.2, 0.25) is 0 Å². The normalized spacial score (nSPS) is 12.0. The first kappa shape index (κ1) is 21.7. The van der Waals surface area contributed by atoms with Crippen LogP contribution >= 0.6 is 0 Å². The Morgan fingerprint density at radius 1 is 1.20 bits per heavy atom. The summed E-state index contributed by atoms with van der Waals surface area (Å²) in [7, 11) is -1.32. The van der Waals surface area contributed by atoms with Crippen molar-refractivity contribution in [2.45, 2.75) is 24.8 Å². The highest BCUT2D eigenvalue weighted by molar-refractivity contribution is 7.72. The van der Waals surface area contributed by atoms with Crippen molar-refractivity contribution in [3.63, 3.8) is 0 Å². The first-order chi connectivity index (χ1) is 14.3. The van der Waals surface area contributed by atoms with Crippen LogP contribution in [0.15, 0.2) is 59.3 Å². The van der Waals surface area contributed by atoms with E-state index in [1.54, 1.807) is 42.5 Å². The fraction of sp³-hybridized carbons (Fsp3) is 0.227. The van der Waals surface area contributed by atoms with Crippen molar-refractivity contribution in [2.75, 3.05) is 13.7 Å². The molecule has 30 heavy (non-hydrogen) atoms. The molecule has 158 valence electrons. The van der Waals surface area contributed by atoms with Crippen LogP contribution in [0, 0.1) is 6.92 Å². The number of carbonyl (C=O) groups excluding carboxylic acids is 1. The van der Waals surface area contributed by atoms with Gasteiger partial charge >= 0.3 is 5.97 Å². The fourth-order valence-corrected chi connectivity index (χ4v) is 3.90. The number of aromatic nitrogens is 1. The zero-order chi connectivity index (χ0) is 21.8. The number of halogens is 1. The molecule has 8 heteroatoms. The molecule has 0 amide bonds. The maximum Gasteiger partial charge on any atom is 0.337 e. The van der Waals surface area contributed by atoms with Crippen LogP contribution in [0.3, 0.4) is 0 Å². The maximum absolute atomic E-state index is 14.2. The number of nitrogens with zero attached hydrogens (tertiary/aromatic N) is 1. The molecule has 1 aromatic heterocycles. The summed E-state index contributed by atoms with van der Waals surface area (Å²) in [6.07, 6.45) is 1.83. The number of fused-ring (bicyclic) bond motifs is 1. The number of nitrogens with two attached hydrogens (primary N) is 1. The lowest BCUT2D eigenvalue weighted by atomic mass is 10.0. The second-order valence-corrected chi connectivity index (χ2v) is 7.89. The number of ether oxygens (including phenoxy) is 1. The Morgan fingerprint density at radius 3 is 2.50 bits per heavy atom. The SMILES string of the molecule is COC(=O)c1ccc2c(c1)c(Cc1ccc([SH](=O)=O)cc1)c(C)n2C/C(F)=C/CN. The van der Waals surface area contributed by atoms with Gasteiger partial charge in [-0.3, -0.25) is 0 Å². The molecule has 1 heterocycles. The number of methoxy groups -OCH3 is 1. The average molecular weight is 431 g/mol. The van der Waals surface area contributed by atoms with E-state index in [1.807, 2.05) is 11.5 Å². The van der Waals surface area contributed by atoms with Gasteiger partial charge in [0.05, 0.1) is 24.1 Å². The average Bonchev–Trinajstić information content (AvgIpc) is 2.99. The minimum Gasteiger partial charge on any atom is -0.465 e. The fourth-order valence-electron chi connectivity index (χ4n) is 3.51. The summed E-state index contributed by atoms with van der Waals surface area (Å²) in [4.78, 5) is 12.3. The lowest BCUT2D eigenvalue weighted by Crippen LogP contribution is -2.04. The summed E-state index contributed by atoms with van der Waals surface area (Å²) in [5.74, 6) is -0.796. The van der Waals surface area contributed by atoms with Gasteiger partial charge < -0.3 is 15.0 Å². The van der Waals surface area contributed by atoms with E-state index < -0.39 is 16.7 Å². The molecule has 0 aliphatic carbocycles. The minimum absolute atomic E-state index is 0.0344. The van der Waals surface area contributed by atoms with E-state index in [9.17, 15) is 17.6 Å². The van der Waals surface area contributed by atoms with Gasteiger partial charge in [0.1, 0.15) is 5.83 Å². The molecular weight excluding hydrogens is 407 g/mol. The van der Waals surface area contributed by atoms with E-state index in [-0.39, 0.29) is 23.8 Å². The van der Waals surface area contributed by atoms with E-state index in [0.29, 0.717) is 12.0 Å². The third-order valence-electron chi connectivity index (χ3n) is 5.05. The molecule has 0 unspecified atom stereocenters. The van der Waals surface area contributed by atoms with Crippen LogP contribution in [0.5, 0.6) is 0 Å². The van der Waals surface area contributed by atoms with E-state index in [1.165, 1.54) is 13.2 Å². The highest BCUT2D eigenvalue weighted by Crippen LogP contribution is 2.30. The van der Waals surface area contributed by atoms with E-state index >= 15 is 0 Å². The van der Waals surface area contributed by atoms with Gasteiger partial charge in [0.2, 0.25) is 0 Å². The van der Waals surface area contributed by atoms with Crippen molar-refractivity contribution < 1.29 is 22.3 Å². The largest absolute Gasteiger partial charge is 0.465 e. The van der Waals surface area contributed by atoms with Gasteiger partial charge in [-0.1, -0.05) is 12.1 Å². The van der Waals surface area contributed by atoms with Crippen molar-refractivity contribution in [3.05, 3.63) is 76.8 Å². The lowest BCUT2D eigenvalue weighted by molar-refractivity contribution is 0.0601. The van der Waals surface area contributed by atoms with Gasteiger partial charge in [-0.05, 0) is 60.9 Å². The molecule has 0 radical (unpaired) electrons. The highest BCUT2D eigenvalue weighted by Gasteiger charge is 2.18. The van der Waals surface area contributed by atoms with Crippen LogP contribution in [-0.2, 0) is 28.4 Å². The monoisotopic (exact) mass is 430 g/mol. The smallest absolute Gasteiger partial charge is 0.337 e. The van der Waals surface area contributed by atoms with E-state index in [2.05, 4.69) is 0 Å². The molecule has 0 saturated carbocycles. The molecule has 2 N–H and O–H groups in total. The molecular formula is C22H23FN2O4S. The van der Waals surface area contributed by atoms with Crippen LogP contribution < -0.4 is 5.73 Å². The number of thiol groups is 1. The van der Waals surface area contributed by atoms with Crippen molar-refractivity contribution in [1.29, 1.82) is 0 Å². The Balaban J connectivity index is 2.13. The topological polar surface area (TPSA) is 91.4 Å². The predicted octanol–water partition coefficient (Wildman–Crippen LogP) is 3.11. The molecule has 0 aliphatic rings. The van der Waals surface area contributed by atoms with Crippen molar-refractivity contribution in [2.24, 2.45) is 5.73 Å². The lowest BCUT2D eigenvalue weighted by Gasteiger charge is -2.08. The molecule has 3 rings (SSSR count). The summed E-state index contributed by atoms with van der Waals surface area (Å²) in [5.41, 5.74) is 9.29. The van der Waals surface area contributed by atoms with Gasteiger partial charge in [0.15, 0.2) is 10.7 Å².